The first-order valence-electron chi connectivity index (χ1n) is 6.66. The Kier molecular flexibility index (Phi) is 2.91. The zero-order chi connectivity index (χ0) is 14.3. The molecule has 0 bridgehead atoms. The van der Waals surface area contributed by atoms with Gasteiger partial charge in [0.05, 0.1) is 18.0 Å². The number of rotatable bonds is 3. The molecule has 0 aliphatic rings. The number of pyridine rings is 1. The highest BCUT2D eigenvalue weighted by molar-refractivity contribution is 5.99. The predicted molar refractivity (Wildman–Crippen MR) is 77.9 cm³/mol. The van der Waals surface area contributed by atoms with Gasteiger partial charge in [0.15, 0.2) is 0 Å². The number of para-hydroxylation sites is 1. The lowest BCUT2D eigenvalue weighted by Gasteiger charge is -2.17. The van der Waals surface area contributed by atoms with Gasteiger partial charge in [-0.05, 0) is 31.5 Å². The zero-order valence-corrected chi connectivity index (χ0v) is 11.8. The molecule has 0 radical (unpaired) electrons. The Morgan fingerprint density at radius 1 is 1.30 bits per heavy atom. The summed E-state index contributed by atoms with van der Waals surface area (Å²) in [5, 5.41) is 12.1. The van der Waals surface area contributed by atoms with Crippen molar-refractivity contribution < 1.29 is 14.3 Å². The fourth-order valence-electron chi connectivity index (χ4n) is 2.30. The van der Waals surface area contributed by atoms with E-state index in [0.717, 1.165) is 22.0 Å². The lowest BCUT2D eigenvalue weighted by Crippen LogP contribution is -2.18. The summed E-state index contributed by atoms with van der Waals surface area (Å²) >= 11 is 0. The van der Waals surface area contributed by atoms with E-state index in [1.165, 1.54) is 0 Å². The summed E-state index contributed by atoms with van der Waals surface area (Å²) in [5.74, 6) is 1.24. The first-order chi connectivity index (χ1) is 9.56. The third-order valence-electron chi connectivity index (χ3n) is 3.75. The molecule has 4 nitrogen and oxygen atoms in total. The summed E-state index contributed by atoms with van der Waals surface area (Å²) in [6.45, 7) is 3.64. The minimum absolute atomic E-state index is 0.490. The number of hydrogen-bond donors (Lipinski definition) is 1. The standard InChI is InChI=1S/C16H17NO3/c1-4-16(2,18)13-9-11-14(19-3)10-7-5-6-8-12(10)17-15(11)20-13/h5-9,18H,4H2,1-3H3. The first kappa shape index (κ1) is 12.9. The Hall–Kier alpha value is -2.07. The SMILES string of the molecule is CCC(C)(O)c1cc2c(OC)c3ccccc3nc2o1. The lowest BCUT2D eigenvalue weighted by molar-refractivity contribution is 0.0316. The molecule has 0 saturated heterocycles. The van der Waals surface area contributed by atoms with Crippen molar-refractivity contribution in [3.8, 4) is 5.75 Å². The summed E-state index contributed by atoms with van der Waals surface area (Å²) in [6, 6.07) is 9.56. The predicted octanol–water partition coefficient (Wildman–Crippen LogP) is 3.61. The average molecular weight is 271 g/mol. The second kappa shape index (κ2) is 4.49. The van der Waals surface area contributed by atoms with Gasteiger partial charge in [-0.25, -0.2) is 4.98 Å². The van der Waals surface area contributed by atoms with E-state index in [0.29, 0.717) is 17.9 Å². The Labute approximate surface area is 117 Å². The third-order valence-corrected chi connectivity index (χ3v) is 3.75. The highest BCUT2D eigenvalue weighted by atomic mass is 16.5. The van der Waals surface area contributed by atoms with Gasteiger partial charge in [-0.15, -0.1) is 0 Å². The van der Waals surface area contributed by atoms with Gasteiger partial charge in [-0.1, -0.05) is 19.1 Å². The summed E-state index contributed by atoms with van der Waals surface area (Å²) in [7, 11) is 1.63. The Morgan fingerprint density at radius 2 is 2.05 bits per heavy atom. The van der Waals surface area contributed by atoms with Crippen LogP contribution in [0.3, 0.4) is 0 Å². The number of aromatic nitrogens is 1. The molecule has 0 fully saturated rings. The number of benzene rings is 1. The van der Waals surface area contributed by atoms with Gasteiger partial charge in [0.25, 0.3) is 0 Å². The van der Waals surface area contributed by atoms with Crippen molar-refractivity contribution in [1.29, 1.82) is 0 Å². The molecule has 1 unspecified atom stereocenters. The van der Waals surface area contributed by atoms with Gasteiger partial charge in [-0.2, -0.15) is 0 Å². The van der Waals surface area contributed by atoms with Gasteiger partial charge in [-0.3, -0.25) is 0 Å². The molecule has 0 aliphatic carbocycles. The van der Waals surface area contributed by atoms with E-state index in [1.54, 1.807) is 14.0 Å². The molecule has 4 heteroatoms. The molecular formula is C16H17NO3. The molecule has 1 aromatic carbocycles. The minimum Gasteiger partial charge on any atom is -0.495 e. The van der Waals surface area contributed by atoms with Crippen molar-refractivity contribution in [3.05, 3.63) is 36.1 Å². The van der Waals surface area contributed by atoms with Crippen molar-refractivity contribution in [2.24, 2.45) is 0 Å². The second-order valence-corrected chi connectivity index (χ2v) is 5.12. The molecule has 1 N–H and O–H groups in total. The molecule has 0 spiro atoms. The van der Waals surface area contributed by atoms with Gasteiger partial charge < -0.3 is 14.3 Å². The van der Waals surface area contributed by atoms with E-state index in [1.807, 2.05) is 37.3 Å². The molecule has 2 heterocycles. The molecule has 104 valence electrons. The van der Waals surface area contributed by atoms with Gasteiger partial charge in [0.2, 0.25) is 5.71 Å². The van der Waals surface area contributed by atoms with Crippen LogP contribution >= 0.6 is 0 Å². The number of hydrogen-bond acceptors (Lipinski definition) is 4. The van der Waals surface area contributed by atoms with Crippen molar-refractivity contribution in [2.75, 3.05) is 7.11 Å². The quantitative estimate of drug-likeness (QED) is 0.790. The minimum atomic E-state index is -1.00. The van der Waals surface area contributed by atoms with E-state index in [4.69, 9.17) is 9.15 Å². The number of aliphatic hydroxyl groups is 1. The summed E-state index contributed by atoms with van der Waals surface area (Å²) in [4.78, 5) is 4.50. The van der Waals surface area contributed by atoms with Crippen molar-refractivity contribution in [1.82, 2.24) is 4.98 Å². The molecule has 20 heavy (non-hydrogen) atoms. The summed E-state index contributed by atoms with van der Waals surface area (Å²) in [6.07, 6.45) is 0.564. The van der Waals surface area contributed by atoms with Crippen LogP contribution in [0.25, 0.3) is 22.0 Å². The van der Waals surface area contributed by atoms with Crippen LogP contribution in [0.4, 0.5) is 0 Å². The van der Waals surface area contributed by atoms with Crippen molar-refractivity contribution >= 4 is 22.0 Å². The van der Waals surface area contributed by atoms with E-state index in [-0.39, 0.29) is 0 Å². The van der Waals surface area contributed by atoms with Crippen LogP contribution in [0.15, 0.2) is 34.7 Å². The normalized spacial score (nSPS) is 14.6. The molecular weight excluding hydrogens is 254 g/mol. The van der Waals surface area contributed by atoms with E-state index < -0.39 is 5.60 Å². The van der Waals surface area contributed by atoms with Crippen LogP contribution < -0.4 is 4.74 Å². The molecule has 1 atom stereocenters. The monoisotopic (exact) mass is 271 g/mol. The van der Waals surface area contributed by atoms with E-state index in [9.17, 15) is 5.11 Å². The maximum absolute atomic E-state index is 10.3. The fourth-order valence-corrected chi connectivity index (χ4v) is 2.30. The smallest absolute Gasteiger partial charge is 0.230 e. The fraction of sp³-hybridized carbons (Fsp3) is 0.312. The second-order valence-electron chi connectivity index (χ2n) is 5.12. The van der Waals surface area contributed by atoms with Gasteiger partial charge >= 0.3 is 0 Å². The summed E-state index contributed by atoms with van der Waals surface area (Å²) in [5.41, 5.74) is 0.302. The number of furan rings is 1. The number of nitrogens with zero attached hydrogens (tertiary/aromatic N) is 1. The van der Waals surface area contributed by atoms with Crippen LogP contribution in [-0.4, -0.2) is 17.2 Å². The zero-order valence-electron chi connectivity index (χ0n) is 11.8. The van der Waals surface area contributed by atoms with Crippen LogP contribution in [0.5, 0.6) is 5.75 Å². The number of ether oxygens (including phenoxy) is 1. The maximum Gasteiger partial charge on any atom is 0.230 e. The van der Waals surface area contributed by atoms with Crippen molar-refractivity contribution in [3.63, 3.8) is 0 Å². The lowest BCUT2D eigenvalue weighted by atomic mass is 10.0. The van der Waals surface area contributed by atoms with Crippen molar-refractivity contribution in [2.45, 2.75) is 25.9 Å². The van der Waals surface area contributed by atoms with Crippen LogP contribution in [-0.2, 0) is 5.60 Å². The Balaban J connectivity index is 2.36. The summed E-state index contributed by atoms with van der Waals surface area (Å²) < 4.78 is 11.3. The molecule has 3 rings (SSSR count). The molecule has 2 aromatic heterocycles. The van der Waals surface area contributed by atoms with Crippen LogP contribution in [0.2, 0.25) is 0 Å². The van der Waals surface area contributed by atoms with Gasteiger partial charge in [0.1, 0.15) is 17.1 Å². The van der Waals surface area contributed by atoms with E-state index in [2.05, 4.69) is 4.98 Å². The largest absolute Gasteiger partial charge is 0.495 e. The van der Waals surface area contributed by atoms with E-state index >= 15 is 0 Å². The molecule has 0 amide bonds. The Bertz CT molecular complexity index is 774. The average Bonchev–Trinajstić information content (AvgIpc) is 2.88. The first-order valence-corrected chi connectivity index (χ1v) is 6.66. The number of methoxy groups -OCH3 is 1. The highest BCUT2D eigenvalue weighted by Gasteiger charge is 2.27. The number of fused-ring (bicyclic) bond motifs is 2. The third kappa shape index (κ3) is 1.84. The Morgan fingerprint density at radius 3 is 2.75 bits per heavy atom. The molecule has 3 aromatic rings. The van der Waals surface area contributed by atoms with Gasteiger partial charge in [0, 0.05) is 5.39 Å². The maximum atomic E-state index is 10.3. The van der Waals surface area contributed by atoms with Crippen LogP contribution in [0.1, 0.15) is 26.0 Å². The molecule has 0 aliphatic heterocycles. The topological polar surface area (TPSA) is 55.5 Å². The van der Waals surface area contributed by atoms with Crippen LogP contribution in [0, 0.1) is 0 Å². The molecule has 0 saturated carbocycles. The highest BCUT2D eigenvalue weighted by Crippen LogP contribution is 2.37.